The van der Waals surface area contributed by atoms with Gasteiger partial charge in [0.2, 0.25) is 11.9 Å². The largest absolute Gasteiger partial charge is 0.360 e. The highest BCUT2D eigenvalue weighted by Crippen LogP contribution is 2.33. The first-order chi connectivity index (χ1) is 13.7. The number of anilines is 1. The van der Waals surface area contributed by atoms with E-state index in [4.69, 9.17) is 16.6 Å². The number of aromatic amines is 1. The molecule has 144 valence electrons. The summed E-state index contributed by atoms with van der Waals surface area (Å²) >= 11 is 6.41. The lowest BCUT2D eigenvalue weighted by molar-refractivity contribution is -0.133. The van der Waals surface area contributed by atoms with Crippen LogP contribution in [0.1, 0.15) is 25.7 Å². The number of hydrogen-bond acceptors (Lipinski definition) is 4. The molecule has 0 bridgehead atoms. The number of carbonyl (C=O) groups is 1. The van der Waals surface area contributed by atoms with E-state index in [2.05, 4.69) is 21.4 Å². The number of para-hydroxylation sites is 1. The predicted octanol–water partition coefficient (Wildman–Crippen LogP) is 4.09. The molecule has 2 aliphatic rings. The zero-order valence-corrected chi connectivity index (χ0v) is 16.2. The van der Waals surface area contributed by atoms with Gasteiger partial charge in [-0.3, -0.25) is 4.79 Å². The second kappa shape index (κ2) is 7.09. The van der Waals surface area contributed by atoms with Crippen molar-refractivity contribution in [3.63, 3.8) is 0 Å². The summed E-state index contributed by atoms with van der Waals surface area (Å²) in [4.78, 5) is 26.6. The standard InChI is InChI=1S/C21H22ClN5O/c22-17-12-24-21(25-14-7-9-27(10-8-14)20(28)13-5-6-13)26-19(17)16-11-23-18-4-2-1-3-15(16)18/h1-4,11-14,23H,5-10H2,(H,24,25,26). The molecular formula is C21H22ClN5O. The van der Waals surface area contributed by atoms with Crippen molar-refractivity contribution in [2.24, 2.45) is 5.92 Å². The van der Waals surface area contributed by atoms with Crippen LogP contribution in [0, 0.1) is 5.92 Å². The summed E-state index contributed by atoms with van der Waals surface area (Å²) in [7, 11) is 0. The number of nitrogens with one attached hydrogen (secondary N) is 2. The van der Waals surface area contributed by atoms with Gasteiger partial charge in [0.05, 0.1) is 16.9 Å². The van der Waals surface area contributed by atoms with Crippen LogP contribution in [0.2, 0.25) is 5.02 Å². The van der Waals surface area contributed by atoms with E-state index in [-0.39, 0.29) is 6.04 Å². The molecule has 0 unspecified atom stereocenters. The van der Waals surface area contributed by atoms with Crippen LogP contribution in [0.5, 0.6) is 0 Å². The molecule has 1 aliphatic heterocycles. The zero-order valence-electron chi connectivity index (χ0n) is 15.5. The van der Waals surface area contributed by atoms with E-state index in [9.17, 15) is 4.79 Å². The summed E-state index contributed by atoms with van der Waals surface area (Å²) in [6.45, 7) is 1.60. The smallest absolute Gasteiger partial charge is 0.225 e. The third-order valence-corrected chi connectivity index (χ3v) is 5.93. The van der Waals surface area contributed by atoms with E-state index in [1.54, 1.807) is 6.20 Å². The number of fused-ring (bicyclic) bond motifs is 1. The molecule has 5 rings (SSSR count). The summed E-state index contributed by atoms with van der Waals surface area (Å²) < 4.78 is 0. The first-order valence-electron chi connectivity index (χ1n) is 9.83. The lowest BCUT2D eigenvalue weighted by Crippen LogP contribution is -2.43. The molecule has 2 N–H and O–H groups in total. The number of halogens is 1. The third kappa shape index (κ3) is 3.33. The molecule has 2 aromatic heterocycles. The maximum absolute atomic E-state index is 12.2. The molecule has 6 nitrogen and oxygen atoms in total. The molecule has 0 atom stereocenters. The first-order valence-corrected chi connectivity index (χ1v) is 10.2. The van der Waals surface area contributed by atoms with Gasteiger partial charge in [-0.2, -0.15) is 0 Å². The molecule has 1 saturated carbocycles. The van der Waals surface area contributed by atoms with Gasteiger partial charge in [-0.1, -0.05) is 29.8 Å². The Morgan fingerprint density at radius 1 is 1.18 bits per heavy atom. The van der Waals surface area contributed by atoms with Crippen molar-refractivity contribution in [1.82, 2.24) is 19.9 Å². The van der Waals surface area contributed by atoms with Crippen LogP contribution in [0.15, 0.2) is 36.7 Å². The summed E-state index contributed by atoms with van der Waals surface area (Å²) in [5.41, 5.74) is 2.74. The molecule has 1 saturated heterocycles. The molecule has 2 fully saturated rings. The topological polar surface area (TPSA) is 73.9 Å². The van der Waals surface area contributed by atoms with E-state index < -0.39 is 0 Å². The number of hydrogen-bond donors (Lipinski definition) is 2. The van der Waals surface area contributed by atoms with Gasteiger partial charge < -0.3 is 15.2 Å². The number of piperidine rings is 1. The van der Waals surface area contributed by atoms with E-state index >= 15 is 0 Å². The molecule has 7 heteroatoms. The monoisotopic (exact) mass is 395 g/mol. The molecular weight excluding hydrogens is 374 g/mol. The number of benzene rings is 1. The van der Waals surface area contributed by atoms with E-state index in [1.165, 1.54) is 0 Å². The van der Waals surface area contributed by atoms with E-state index in [0.717, 1.165) is 60.9 Å². The van der Waals surface area contributed by atoms with Gasteiger partial charge in [0.1, 0.15) is 0 Å². The molecule has 1 aliphatic carbocycles. The van der Waals surface area contributed by atoms with Gasteiger partial charge in [-0.25, -0.2) is 9.97 Å². The average molecular weight is 396 g/mol. The number of carbonyl (C=O) groups excluding carboxylic acids is 1. The summed E-state index contributed by atoms with van der Waals surface area (Å²) in [5.74, 6) is 1.21. The van der Waals surface area contributed by atoms with Crippen molar-refractivity contribution in [3.05, 3.63) is 41.7 Å². The van der Waals surface area contributed by atoms with Crippen molar-refractivity contribution in [2.45, 2.75) is 31.7 Å². The maximum atomic E-state index is 12.2. The normalized spacial score (nSPS) is 17.8. The minimum absolute atomic E-state index is 0.264. The quantitative estimate of drug-likeness (QED) is 0.697. The fourth-order valence-corrected chi connectivity index (χ4v) is 4.10. The Kier molecular flexibility index (Phi) is 4.43. The van der Waals surface area contributed by atoms with E-state index in [0.29, 0.717) is 22.8 Å². The SMILES string of the molecule is O=C(C1CC1)N1CCC(Nc2ncc(Cl)c(-c3c[nH]c4ccccc34)n2)CC1. The minimum Gasteiger partial charge on any atom is -0.360 e. The number of aromatic nitrogens is 3. The van der Waals surface area contributed by atoms with Gasteiger partial charge >= 0.3 is 0 Å². The molecule has 0 spiro atoms. The number of likely N-dealkylation sites (tertiary alicyclic amines) is 1. The predicted molar refractivity (Wildman–Crippen MR) is 110 cm³/mol. The number of rotatable bonds is 4. The lowest BCUT2D eigenvalue weighted by Gasteiger charge is -2.32. The molecule has 3 heterocycles. The summed E-state index contributed by atoms with van der Waals surface area (Å²) in [5, 5.41) is 5.05. The highest BCUT2D eigenvalue weighted by atomic mass is 35.5. The van der Waals surface area contributed by atoms with Crippen LogP contribution in [0.4, 0.5) is 5.95 Å². The Morgan fingerprint density at radius 3 is 2.75 bits per heavy atom. The average Bonchev–Trinajstić information content (AvgIpc) is 3.49. The number of nitrogens with zero attached hydrogens (tertiary/aromatic N) is 3. The van der Waals surface area contributed by atoms with Crippen molar-refractivity contribution in [2.75, 3.05) is 18.4 Å². The maximum Gasteiger partial charge on any atom is 0.225 e. The van der Waals surface area contributed by atoms with Gasteiger partial charge in [-0.15, -0.1) is 0 Å². The fraction of sp³-hybridized carbons (Fsp3) is 0.381. The Bertz CT molecular complexity index is 1020. The third-order valence-electron chi connectivity index (χ3n) is 5.65. The highest BCUT2D eigenvalue weighted by molar-refractivity contribution is 6.33. The zero-order chi connectivity index (χ0) is 19.1. The van der Waals surface area contributed by atoms with Crippen LogP contribution >= 0.6 is 11.6 Å². The minimum atomic E-state index is 0.264. The van der Waals surface area contributed by atoms with Gasteiger partial charge in [0.15, 0.2) is 0 Å². The van der Waals surface area contributed by atoms with Crippen molar-refractivity contribution >= 4 is 34.4 Å². The molecule has 0 radical (unpaired) electrons. The van der Waals surface area contributed by atoms with Crippen molar-refractivity contribution in [1.29, 1.82) is 0 Å². The Hall–Kier alpha value is -2.60. The molecule has 1 amide bonds. The fourth-order valence-electron chi connectivity index (χ4n) is 3.91. The number of H-pyrrole nitrogens is 1. The van der Waals surface area contributed by atoms with Gasteiger partial charge in [0, 0.05) is 47.7 Å². The molecule has 1 aromatic carbocycles. The molecule has 28 heavy (non-hydrogen) atoms. The number of amides is 1. The summed E-state index contributed by atoms with van der Waals surface area (Å²) in [6, 6.07) is 8.35. The molecule has 3 aromatic rings. The second-order valence-corrected chi connectivity index (χ2v) is 8.06. The van der Waals surface area contributed by atoms with Crippen LogP contribution < -0.4 is 5.32 Å². The first kappa shape index (κ1) is 17.5. The lowest BCUT2D eigenvalue weighted by atomic mass is 10.0. The Balaban J connectivity index is 1.32. The van der Waals surface area contributed by atoms with Crippen LogP contribution in [-0.4, -0.2) is 44.9 Å². The van der Waals surface area contributed by atoms with Crippen LogP contribution in [0.3, 0.4) is 0 Å². The van der Waals surface area contributed by atoms with Gasteiger partial charge in [-0.05, 0) is 31.7 Å². The van der Waals surface area contributed by atoms with Crippen LogP contribution in [0.25, 0.3) is 22.2 Å². The van der Waals surface area contributed by atoms with Crippen molar-refractivity contribution in [3.8, 4) is 11.3 Å². The Labute approximate surface area is 168 Å². The van der Waals surface area contributed by atoms with Gasteiger partial charge in [0.25, 0.3) is 0 Å². The van der Waals surface area contributed by atoms with E-state index in [1.807, 2.05) is 29.3 Å². The summed E-state index contributed by atoms with van der Waals surface area (Å²) in [6.07, 6.45) is 7.53. The second-order valence-electron chi connectivity index (χ2n) is 7.66. The van der Waals surface area contributed by atoms with Crippen molar-refractivity contribution < 1.29 is 4.79 Å². The highest BCUT2D eigenvalue weighted by Gasteiger charge is 2.35. The Morgan fingerprint density at radius 2 is 1.96 bits per heavy atom. The van der Waals surface area contributed by atoms with Crippen LogP contribution in [-0.2, 0) is 4.79 Å².